The van der Waals surface area contributed by atoms with Crippen molar-refractivity contribution in [3.8, 4) is 0 Å². The highest BCUT2D eigenvalue weighted by atomic mass is 35.5. The highest BCUT2D eigenvalue weighted by Crippen LogP contribution is 2.31. The number of anilines is 2. The number of hydrogen-bond donors (Lipinski definition) is 0. The van der Waals surface area contributed by atoms with E-state index in [1.54, 1.807) is 11.3 Å². The summed E-state index contributed by atoms with van der Waals surface area (Å²) in [6, 6.07) is 12.1. The molecule has 2 aromatic heterocycles. The van der Waals surface area contributed by atoms with Crippen molar-refractivity contribution in [2.24, 2.45) is 0 Å². The van der Waals surface area contributed by atoms with E-state index in [-0.39, 0.29) is 0 Å². The minimum Gasteiger partial charge on any atom is -0.311 e. The van der Waals surface area contributed by atoms with Gasteiger partial charge < -0.3 is 4.90 Å². The van der Waals surface area contributed by atoms with Gasteiger partial charge in [-0.1, -0.05) is 29.8 Å². The summed E-state index contributed by atoms with van der Waals surface area (Å²) in [5.41, 5.74) is 1.07. The van der Waals surface area contributed by atoms with Crippen molar-refractivity contribution >= 4 is 44.8 Å². The molecule has 1 aromatic carbocycles. The van der Waals surface area contributed by atoms with Crippen LogP contribution in [0.4, 0.5) is 11.6 Å². The smallest absolute Gasteiger partial charge is 0.232 e. The van der Waals surface area contributed by atoms with Crippen LogP contribution in [0.1, 0.15) is 11.8 Å². The number of halogens is 1. The molecule has 0 amide bonds. The fourth-order valence-electron chi connectivity index (χ4n) is 2.16. The van der Waals surface area contributed by atoms with Gasteiger partial charge in [-0.15, -0.1) is 11.3 Å². The van der Waals surface area contributed by atoms with Gasteiger partial charge in [-0.3, -0.25) is 0 Å². The second-order valence-corrected chi connectivity index (χ2v) is 6.06. The summed E-state index contributed by atoms with van der Waals surface area (Å²) in [5.74, 6) is 0.651. The molecule has 0 aliphatic rings. The van der Waals surface area contributed by atoms with Gasteiger partial charge >= 0.3 is 0 Å². The third-order valence-corrected chi connectivity index (χ3v) is 4.32. The van der Waals surface area contributed by atoms with E-state index in [1.807, 2.05) is 36.4 Å². The molecule has 0 N–H and O–H groups in total. The summed E-state index contributed by atoms with van der Waals surface area (Å²) in [4.78, 5) is 13.3. The van der Waals surface area contributed by atoms with E-state index in [1.165, 1.54) is 4.88 Å². The molecule has 0 fully saturated rings. The number of nitrogens with zero attached hydrogens (tertiary/aromatic N) is 3. The number of hydrogen-bond acceptors (Lipinski definition) is 4. The highest BCUT2D eigenvalue weighted by molar-refractivity contribution is 7.18. The maximum absolute atomic E-state index is 6.29. The monoisotopic (exact) mass is 303 g/mol. The Balaban J connectivity index is 2.12. The second kappa shape index (κ2) is 5.38. The summed E-state index contributed by atoms with van der Waals surface area (Å²) >= 11 is 7.93. The lowest BCUT2D eigenvalue weighted by molar-refractivity contribution is 0.959. The van der Waals surface area contributed by atoms with Crippen molar-refractivity contribution in [2.75, 3.05) is 11.4 Å². The molecule has 3 nitrogen and oxygen atoms in total. The van der Waals surface area contributed by atoms with Crippen molar-refractivity contribution in [2.45, 2.75) is 13.8 Å². The van der Waals surface area contributed by atoms with Gasteiger partial charge in [-0.05, 0) is 32.0 Å². The Bertz CT molecular complexity index is 739. The Labute approximate surface area is 126 Å². The molecule has 0 atom stereocenters. The lowest BCUT2D eigenvalue weighted by Gasteiger charge is -2.20. The van der Waals surface area contributed by atoms with Gasteiger partial charge in [0.05, 0.1) is 0 Å². The van der Waals surface area contributed by atoms with Gasteiger partial charge in [0.1, 0.15) is 9.98 Å². The summed E-state index contributed by atoms with van der Waals surface area (Å²) in [5, 5.41) is 1.45. The average molecular weight is 304 g/mol. The van der Waals surface area contributed by atoms with Crippen LogP contribution in [0.15, 0.2) is 36.4 Å². The van der Waals surface area contributed by atoms with Crippen molar-refractivity contribution in [1.82, 2.24) is 9.97 Å². The Hall–Kier alpha value is -1.65. The fourth-order valence-corrected chi connectivity index (χ4v) is 3.32. The number of para-hydroxylation sites is 1. The van der Waals surface area contributed by atoms with E-state index in [4.69, 9.17) is 11.6 Å². The van der Waals surface area contributed by atoms with Crippen LogP contribution in [0, 0.1) is 6.92 Å². The zero-order chi connectivity index (χ0) is 14.1. The molecule has 0 aliphatic carbocycles. The summed E-state index contributed by atoms with van der Waals surface area (Å²) < 4.78 is 0. The molecule has 0 unspecified atom stereocenters. The molecule has 5 heteroatoms. The van der Waals surface area contributed by atoms with Gasteiger partial charge in [0, 0.05) is 22.5 Å². The molecular weight excluding hydrogens is 290 g/mol. The first-order valence-electron chi connectivity index (χ1n) is 6.45. The third kappa shape index (κ3) is 2.37. The van der Waals surface area contributed by atoms with Crippen LogP contribution in [-0.4, -0.2) is 16.5 Å². The Kier molecular flexibility index (Phi) is 3.59. The quantitative estimate of drug-likeness (QED) is 0.650. The molecule has 0 bridgehead atoms. The molecule has 0 saturated heterocycles. The van der Waals surface area contributed by atoms with Gasteiger partial charge in [0.2, 0.25) is 5.95 Å². The molecule has 0 spiro atoms. The molecule has 0 radical (unpaired) electrons. The Morgan fingerprint density at radius 1 is 1.20 bits per heavy atom. The first-order valence-corrected chi connectivity index (χ1v) is 7.64. The largest absolute Gasteiger partial charge is 0.311 e. The number of aromatic nitrogens is 2. The van der Waals surface area contributed by atoms with Crippen molar-refractivity contribution in [1.29, 1.82) is 0 Å². The molecule has 3 aromatic rings. The zero-order valence-corrected chi connectivity index (χ0v) is 12.9. The normalized spacial score (nSPS) is 10.9. The van der Waals surface area contributed by atoms with Gasteiger partial charge in [0.15, 0.2) is 0 Å². The predicted molar refractivity (Wildman–Crippen MR) is 86.3 cm³/mol. The van der Waals surface area contributed by atoms with E-state index in [2.05, 4.69) is 28.7 Å². The van der Waals surface area contributed by atoms with Crippen molar-refractivity contribution in [3.05, 3.63) is 46.4 Å². The lowest BCUT2D eigenvalue weighted by atomic mass is 10.3. The molecule has 20 heavy (non-hydrogen) atoms. The van der Waals surface area contributed by atoms with Gasteiger partial charge in [-0.2, -0.15) is 4.98 Å². The molecule has 0 saturated carbocycles. The fraction of sp³-hybridized carbons (Fsp3) is 0.200. The molecular formula is C15H14ClN3S. The van der Waals surface area contributed by atoms with Crippen LogP contribution in [0.3, 0.4) is 0 Å². The molecule has 3 rings (SSSR count). The Morgan fingerprint density at radius 2 is 1.95 bits per heavy atom. The molecule has 0 aliphatic heterocycles. The standard InChI is InChI=1S/C15H14ClN3S/c1-3-19(11-7-5-4-6-8-11)15-17-13(16)12-9-10(2)20-14(12)18-15/h4-9H,3H2,1-2H3. The zero-order valence-electron chi connectivity index (χ0n) is 11.3. The van der Waals surface area contributed by atoms with E-state index in [0.29, 0.717) is 11.1 Å². The summed E-state index contributed by atoms with van der Waals surface area (Å²) in [6.45, 7) is 4.92. The van der Waals surface area contributed by atoms with E-state index < -0.39 is 0 Å². The minimum atomic E-state index is 0.517. The number of fused-ring (bicyclic) bond motifs is 1. The SMILES string of the molecule is CCN(c1ccccc1)c1nc(Cl)c2cc(C)sc2n1. The summed E-state index contributed by atoms with van der Waals surface area (Å²) in [7, 11) is 0. The van der Waals surface area contributed by atoms with Crippen molar-refractivity contribution in [3.63, 3.8) is 0 Å². The van der Waals surface area contributed by atoms with Gasteiger partial charge in [0.25, 0.3) is 0 Å². The van der Waals surface area contributed by atoms with Crippen LogP contribution in [0.25, 0.3) is 10.2 Å². The molecule has 2 heterocycles. The van der Waals surface area contributed by atoms with Crippen LogP contribution in [-0.2, 0) is 0 Å². The summed E-state index contributed by atoms with van der Waals surface area (Å²) in [6.07, 6.45) is 0. The number of rotatable bonds is 3. The third-order valence-electron chi connectivity index (χ3n) is 3.08. The van der Waals surface area contributed by atoms with Crippen LogP contribution >= 0.6 is 22.9 Å². The first-order chi connectivity index (χ1) is 9.69. The molecule has 102 valence electrons. The minimum absolute atomic E-state index is 0.517. The number of aryl methyl sites for hydroxylation is 1. The number of benzene rings is 1. The van der Waals surface area contributed by atoms with Crippen LogP contribution < -0.4 is 4.90 Å². The predicted octanol–water partition coefficient (Wildman–Crippen LogP) is 4.81. The van der Waals surface area contributed by atoms with E-state index >= 15 is 0 Å². The van der Waals surface area contributed by atoms with E-state index in [0.717, 1.165) is 22.4 Å². The highest BCUT2D eigenvalue weighted by Gasteiger charge is 2.14. The van der Waals surface area contributed by atoms with Crippen molar-refractivity contribution < 1.29 is 0 Å². The van der Waals surface area contributed by atoms with Crippen LogP contribution in [0.5, 0.6) is 0 Å². The maximum Gasteiger partial charge on any atom is 0.232 e. The lowest BCUT2D eigenvalue weighted by Crippen LogP contribution is -2.18. The number of thiophene rings is 1. The first kappa shape index (κ1) is 13.3. The Morgan fingerprint density at radius 3 is 2.65 bits per heavy atom. The van der Waals surface area contributed by atoms with E-state index in [9.17, 15) is 0 Å². The average Bonchev–Trinajstić information content (AvgIpc) is 2.82. The van der Waals surface area contributed by atoms with Crippen LogP contribution in [0.2, 0.25) is 5.15 Å². The van der Waals surface area contributed by atoms with Gasteiger partial charge in [-0.25, -0.2) is 4.98 Å². The topological polar surface area (TPSA) is 29.0 Å². The second-order valence-electron chi connectivity index (χ2n) is 4.47. The maximum atomic E-state index is 6.29.